The molecular weight excluding hydrogens is 340 g/mol. The van der Waals surface area contributed by atoms with Crippen LogP contribution < -0.4 is 4.74 Å². The van der Waals surface area contributed by atoms with Gasteiger partial charge in [0, 0.05) is 5.69 Å². The summed E-state index contributed by atoms with van der Waals surface area (Å²) in [5.74, 6) is 0.00306. The molecule has 0 saturated carbocycles. The number of carbonyl (C=O) groups excluding carboxylic acids is 2. The second-order valence-corrected chi connectivity index (χ2v) is 6.40. The predicted octanol–water partition coefficient (Wildman–Crippen LogP) is 3.81. The third-order valence-electron chi connectivity index (χ3n) is 4.61. The lowest BCUT2D eigenvalue weighted by molar-refractivity contribution is 0.0529. The van der Waals surface area contributed by atoms with Gasteiger partial charge < -0.3 is 4.74 Å². The smallest absolute Gasteiger partial charge is 0.262 e. The molecule has 0 radical (unpaired) electrons. The first kappa shape index (κ1) is 17.0. The second kappa shape index (κ2) is 7.03. The van der Waals surface area contributed by atoms with Crippen LogP contribution in [0, 0.1) is 6.92 Å². The number of carbonyl (C=O) groups is 2. The number of ether oxygens (including phenoxy) is 1. The zero-order chi connectivity index (χ0) is 18.8. The van der Waals surface area contributed by atoms with Gasteiger partial charge in [-0.3, -0.25) is 19.5 Å². The number of fused-ring (bicyclic) bond motifs is 1. The van der Waals surface area contributed by atoms with E-state index >= 15 is 0 Å². The van der Waals surface area contributed by atoms with Crippen molar-refractivity contribution in [1.82, 2.24) is 9.88 Å². The minimum Gasteiger partial charge on any atom is -0.489 e. The molecule has 134 valence electrons. The lowest BCUT2D eigenvalue weighted by Gasteiger charge is -2.26. The molecule has 1 aliphatic rings. The number of benzene rings is 2. The van der Waals surface area contributed by atoms with Crippen LogP contribution in [0.5, 0.6) is 5.75 Å². The molecule has 5 heteroatoms. The summed E-state index contributed by atoms with van der Waals surface area (Å²) >= 11 is 0. The van der Waals surface area contributed by atoms with E-state index < -0.39 is 6.04 Å². The van der Waals surface area contributed by atoms with Gasteiger partial charge in [-0.15, -0.1) is 0 Å². The van der Waals surface area contributed by atoms with Crippen LogP contribution >= 0.6 is 0 Å². The fourth-order valence-corrected chi connectivity index (χ4v) is 3.20. The predicted molar refractivity (Wildman–Crippen MR) is 101 cm³/mol. The monoisotopic (exact) mass is 358 g/mol. The number of aromatic nitrogens is 1. The standard InChI is InChI=1S/C22H18N2O3/c1-15-11-12-17(13-23-15)27-14-20(16-7-3-2-4-8-16)24-21(25)18-9-5-6-10-19(18)22(24)26/h2-13,20H,14H2,1H3/t20-/m0/s1. The molecule has 0 aliphatic carbocycles. The summed E-state index contributed by atoms with van der Waals surface area (Å²) in [6.45, 7) is 2.05. The van der Waals surface area contributed by atoms with E-state index in [0.717, 1.165) is 11.3 Å². The lowest BCUT2D eigenvalue weighted by Crippen LogP contribution is -2.37. The van der Waals surface area contributed by atoms with Gasteiger partial charge in [0.1, 0.15) is 12.4 Å². The van der Waals surface area contributed by atoms with E-state index in [0.29, 0.717) is 16.9 Å². The molecule has 0 unspecified atom stereocenters. The molecule has 0 fully saturated rings. The molecule has 2 amide bonds. The number of aryl methyl sites for hydroxylation is 1. The van der Waals surface area contributed by atoms with Gasteiger partial charge in [-0.05, 0) is 36.8 Å². The number of nitrogens with zero attached hydrogens (tertiary/aromatic N) is 2. The van der Waals surface area contributed by atoms with E-state index in [1.807, 2.05) is 49.4 Å². The Labute approximate surface area is 157 Å². The lowest BCUT2D eigenvalue weighted by atomic mass is 10.1. The third kappa shape index (κ3) is 3.19. The summed E-state index contributed by atoms with van der Waals surface area (Å²) in [6.07, 6.45) is 1.64. The Balaban J connectivity index is 1.66. The van der Waals surface area contributed by atoms with Gasteiger partial charge in [0.25, 0.3) is 11.8 Å². The Morgan fingerprint density at radius 1 is 0.889 bits per heavy atom. The average molecular weight is 358 g/mol. The van der Waals surface area contributed by atoms with Gasteiger partial charge in [-0.1, -0.05) is 42.5 Å². The summed E-state index contributed by atoms with van der Waals surface area (Å²) in [4.78, 5) is 31.3. The van der Waals surface area contributed by atoms with Gasteiger partial charge >= 0.3 is 0 Å². The molecule has 1 atom stereocenters. The molecule has 0 saturated heterocycles. The van der Waals surface area contributed by atoms with Crippen molar-refractivity contribution in [1.29, 1.82) is 0 Å². The maximum Gasteiger partial charge on any atom is 0.262 e. The Kier molecular flexibility index (Phi) is 4.42. The van der Waals surface area contributed by atoms with Crippen LogP contribution in [-0.2, 0) is 0 Å². The number of hydrogen-bond donors (Lipinski definition) is 0. The summed E-state index contributed by atoms with van der Waals surface area (Å²) in [6, 6.07) is 19.5. The Hall–Kier alpha value is -3.47. The van der Waals surface area contributed by atoms with E-state index in [1.54, 1.807) is 30.5 Å². The quantitative estimate of drug-likeness (QED) is 0.651. The van der Waals surface area contributed by atoms with Gasteiger partial charge in [0.15, 0.2) is 0 Å². The van der Waals surface area contributed by atoms with Crippen molar-refractivity contribution < 1.29 is 14.3 Å². The summed E-state index contributed by atoms with van der Waals surface area (Å²) in [5.41, 5.74) is 2.59. The van der Waals surface area contributed by atoms with E-state index in [2.05, 4.69) is 4.98 Å². The number of pyridine rings is 1. The number of imide groups is 1. The van der Waals surface area contributed by atoms with Crippen molar-refractivity contribution in [3.8, 4) is 5.75 Å². The second-order valence-electron chi connectivity index (χ2n) is 6.40. The molecule has 3 aromatic rings. The zero-order valence-electron chi connectivity index (χ0n) is 14.8. The first-order chi connectivity index (χ1) is 13.1. The van der Waals surface area contributed by atoms with Crippen LogP contribution in [0.2, 0.25) is 0 Å². The van der Waals surface area contributed by atoms with Crippen molar-refractivity contribution in [2.75, 3.05) is 6.61 Å². The topological polar surface area (TPSA) is 59.5 Å². The van der Waals surface area contributed by atoms with Gasteiger partial charge in [0.2, 0.25) is 0 Å². The van der Waals surface area contributed by atoms with E-state index in [1.165, 1.54) is 4.90 Å². The number of rotatable bonds is 5. The molecule has 2 heterocycles. The minimum absolute atomic E-state index is 0.153. The molecule has 4 rings (SSSR count). The molecule has 0 N–H and O–H groups in total. The Morgan fingerprint density at radius 3 is 2.11 bits per heavy atom. The van der Waals surface area contributed by atoms with Crippen molar-refractivity contribution >= 4 is 11.8 Å². The maximum absolute atomic E-state index is 12.9. The minimum atomic E-state index is -0.528. The van der Waals surface area contributed by atoms with Crippen molar-refractivity contribution in [2.45, 2.75) is 13.0 Å². The molecule has 1 aliphatic heterocycles. The van der Waals surface area contributed by atoms with Gasteiger partial charge in [-0.2, -0.15) is 0 Å². The fraction of sp³-hybridized carbons (Fsp3) is 0.136. The first-order valence-corrected chi connectivity index (χ1v) is 8.72. The molecular formula is C22H18N2O3. The Morgan fingerprint density at radius 2 is 1.52 bits per heavy atom. The largest absolute Gasteiger partial charge is 0.489 e. The highest BCUT2D eigenvalue weighted by Crippen LogP contribution is 2.32. The highest BCUT2D eigenvalue weighted by atomic mass is 16.5. The molecule has 27 heavy (non-hydrogen) atoms. The van der Waals surface area contributed by atoms with Gasteiger partial charge in [0.05, 0.1) is 23.4 Å². The van der Waals surface area contributed by atoms with Crippen LogP contribution in [0.25, 0.3) is 0 Å². The summed E-state index contributed by atoms with van der Waals surface area (Å²) in [5, 5.41) is 0. The summed E-state index contributed by atoms with van der Waals surface area (Å²) < 4.78 is 5.88. The Bertz CT molecular complexity index is 949. The van der Waals surface area contributed by atoms with Crippen LogP contribution in [0.3, 0.4) is 0 Å². The van der Waals surface area contributed by atoms with Crippen molar-refractivity contribution in [3.63, 3.8) is 0 Å². The maximum atomic E-state index is 12.9. The molecule has 1 aromatic heterocycles. The molecule has 5 nitrogen and oxygen atoms in total. The van der Waals surface area contributed by atoms with Crippen LogP contribution in [0.4, 0.5) is 0 Å². The van der Waals surface area contributed by atoms with Gasteiger partial charge in [-0.25, -0.2) is 0 Å². The SMILES string of the molecule is Cc1ccc(OC[C@@H](c2ccccc2)N2C(=O)c3ccccc3C2=O)cn1. The number of amides is 2. The van der Waals surface area contributed by atoms with Crippen LogP contribution in [0.15, 0.2) is 72.9 Å². The molecule has 0 bridgehead atoms. The zero-order valence-corrected chi connectivity index (χ0v) is 14.8. The van der Waals surface area contributed by atoms with Crippen molar-refractivity contribution in [2.24, 2.45) is 0 Å². The first-order valence-electron chi connectivity index (χ1n) is 8.72. The highest BCUT2D eigenvalue weighted by Gasteiger charge is 2.40. The van der Waals surface area contributed by atoms with Crippen LogP contribution in [-0.4, -0.2) is 28.3 Å². The summed E-state index contributed by atoms with van der Waals surface area (Å²) in [7, 11) is 0. The van der Waals surface area contributed by atoms with E-state index in [9.17, 15) is 9.59 Å². The molecule has 0 spiro atoms. The van der Waals surface area contributed by atoms with E-state index in [4.69, 9.17) is 4.74 Å². The highest BCUT2D eigenvalue weighted by molar-refractivity contribution is 6.21. The number of hydrogen-bond acceptors (Lipinski definition) is 4. The average Bonchev–Trinajstić information content (AvgIpc) is 2.96. The normalized spacial score (nSPS) is 14.2. The van der Waals surface area contributed by atoms with Crippen molar-refractivity contribution in [3.05, 3.63) is 95.3 Å². The molecule has 2 aromatic carbocycles. The van der Waals surface area contributed by atoms with E-state index in [-0.39, 0.29) is 18.4 Å². The fourth-order valence-electron chi connectivity index (χ4n) is 3.20. The van der Waals surface area contributed by atoms with Crippen LogP contribution in [0.1, 0.15) is 38.0 Å². The third-order valence-corrected chi connectivity index (χ3v) is 4.61.